The van der Waals surface area contributed by atoms with E-state index in [1.807, 2.05) is 13.8 Å². The molecule has 1 atom stereocenters. The lowest BCUT2D eigenvalue weighted by Gasteiger charge is -2.42. The minimum absolute atomic E-state index is 0.129. The Morgan fingerprint density at radius 1 is 1.20 bits per heavy atom. The third kappa shape index (κ3) is 1.73. The van der Waals surface area contributed by atoms with Crippen LogP contribution in [0.1, 0.15) is 47.4 Å². The molecule has 1 fully saturated rings. The van der Waals surface area contributed by atoms with Crippen LogP contribution in [0.15, 0.2) is 24.3 Å². The smallest absolute Gasteiger partial charge is 0.329 e. The van der Waals surface area contributed by atoms with Gasteiger partial charge in [0.25, 0.3) is 11.8 Å². The zero-order valence-corrected chi connectivity index (χ0v) is 11.4. The first-order valence-electron chi connectivity index (χ1n) is 6.61. The number of nitrogens with zero attached hydrogens (tertiary/aromatic N) is 1. The molecule has 2 amide bonds. The largest absolute Gasteiger partial charge is 0.336 e. The van der Waals surface area contributed by atoms with Crippen LogP contribution in [-0.2, 0) is 9.63 Å². The molecule has 1 saturated carbocycles. The zero-order valence-electron chi connectivity index (χ0n) is 11.4. The quantitative estimate of drug-likeness (QED) is 0.775. The van der Waals surface area contributed by atoms with Crippen molar-refractivity contribution in [3.63, 3.8) is 0 Å². The van der Waals surface area contributed by atoms with Crippen LogP contribution in [0, 0.1) is 11.3 Å². The number of fused-ring (bicyclic) bond motifs is 1. The highest BCUT2D eigenvalue weighted by atomic mass is 16.7. The Bertz CT molecular complexity index is 585. The number of hydrogen-bond acceptors (Lipinski definition) is 4. The van der Waals surface area contributed by atoms with Gasteiger partial charge in [0, 0.05) is 0 Å². The summed E-state index contributed by atoms with van der Waals surface area (Å²) in [5, 5.41) is 0.585. The Labute approximate surface area is 116 Å². The number of imide groups is 1. The van der Waals surface area contributed by atoms with Gasteiger partial charge in [-0.25, -0.2) is 4.79 Å². The molecule has 1 heterocycles. The van der Waals surface area contributed by atoms with Gasteiger partial charge < -0.3 is 4.84 Å². The Kier molecular flexibility index (Phi) is 2.67. The molecule has 0 saturated heterocycles. The van der Waals surface area contributed by atoms with E-state index in [0.29, 0.717) is 5.06 Å². The van der Waals surface area contributed by atoms with E-state index < -0.39 is 17.8 Å². The molecular weight excluding hydrogens is 258 g/mol. The molecule has 0 bridgehead atoms. The number of hydrogen-bond donors (Lipinski definition) is 0. The second-order valence-corrected chi connectivity index (χ2v) is 5.94. The second kappa shape index (κ2) is 4.16. The number of hydroxylamine groups is 2. The predicted molar refractivity (Wildman–Crippen MR) is 69.5 cm³/mol. The Balaban J connectivity index is 1.79. The molecule has 1 aliphatic heterocycles. The van der Waals surface area contributed by atoms with Crippen molar-refractivity contribution in [2.24, 2.45) is 11.3 Å². The van der Waals surface area contributed by atoms with E-state index in [-0.39, 0.29) is 22.5 Å². The lowest BCUT2D eigenvalue weighted by molar-refractivity contribution is -0.184. The molecule has 0 spiro atoms. The zero-order chi connectivity index (χ0) is 14.5. The summed E-state index contributed by atoms with van der Waals surface area (Å²) in [6.45, 7) is 3.95. The first-order chi connectivity index (χ1) is 9.42. The predicted octanol–water partition coefficient (Wildman–Crippen LogP) is 2.18. The van der Waals surface area contributed by atoms with Crippen molar-refractivity contribution in [3.05, 3.63) is 35.4 Å². The van der Waals surface area contributed by atoms with Crippen LogP contribution >= 0.6 is 0 Å². The average molecular weight is 273 g/mol. The van der Waals surface area contributed by atoms with Crippen LogP contribution < -0.4 is 0 Å². The SMILES string of the molecule is CC1(C)CCC1C(=O)ON1C(=O)c2ccccc2C1=O. The summed E-state index contributed by atoms with van der Waals surface area (Å²) in [6, 6.07) is 6.45. The van der Waals surface area contributed by atoms with Crippen LogP contribution in [-0.4, -0.2) is 22.8 Å². The number of carbonyl (C=O) groups excluding carboxylic acids is 3. The summed E-state index contributed by atoms with van der Waals surface area (Å²) in [4.78, 5) is 41.2. The Morgan fingerprint density at radius 3 is 2.15 bits per heavy atom. The lowest BCUT2D eigenvalue weighted by Crippen LogP contribution is -2.44. The van der Waals surface area contributed by atoms with Crippen LogP contribution in [0.4, 0.5) is 0 Å². The van der Waals surface area contributed by atoms with Crippen molar-refractivity contribution >= 4 is 17.8 Å². The van der Waals surface area contributed by atoms with Gasteiger partial charge in [-0.15, -0.1) is 0 Å². The molecular formula is C15H15NO4. The average Bonchev–Trinajstić information content (AvgIpc) is 2.63. The van der Waals surface area contributed by atoms with Crippen molar-refractivity contribution in [1.82, 2.24) is 5.06 Å². The molecule has 1 aromatic rings. The highest BCUT2D eigenvalue weighted by Crippen LogP contribution is 2.46. The molecule has 1 unspecified atom stereocenters. The lowest BCUT2D eigenvalue weighted by atomic mass is 9.63. The maximum Gasteiger partial charge on any atom is 0.336 e. The summed E-state index contributed by atoms with van der Waals surface area (Å²) in [7, 11) is 0. The van der Waals surface area contributed by atoms with Gasteiger partial charge in [-0.1, -0.05) is 31.0 Å². The minimum Gasteiger partial charge on any atom is -0.329 e. The van der Waals surface area contributed by atoms with Gasteiger partial charge in [0.1, 0.15) is 0 Å². The van der Waals surface area contributed by atoms with E-state index in [1.54, 1.807) is 24.3 Å². The number of amides is 2. The summed E-state index contributed by atoms with van der Waals surface area (Å²) < 4.78 is 0. The maximum atomic E-state index is 12.1. The van der Waals surface area contributed by atoms with Crippen molar-refractivity contribution < 1.29 is 19.2 Å². The number of carbonyl (C=O) groups is 3. The summed E-state index contributed by atoms with van der Waals surface area (Å²) in [5.74, 6) is -1.91. The van der Waals surface area contributed by atoms with E-state index in [1.165, 1.54) is 0 Å². The maximum absolute atomic E-state index is 12.1. The molecule has 3 rings (SSSR count). The van der Waals surface area contributed by atoms with Crippen LogP contribution in [0.2, 0.25) is 0 Å². The fourth-order valence-electron chi connectivity index (χ4n) is 2.71. The standard InChI is InChI=1S/C15H15NO4/c1-15(2)8-7-11(15)14(19)20-16-12(17)9-5-3-4-6-10(9)13(16)18/h3-6,11H,7-8H2,1-2H3. The molecule has 0 aromatic heterocycles. The molecule has 5 nitrogen and oxygen atoms in total. The highest BCUT2D eigenvalue weighted by molar-refractivity contribution is 6.20. The molecule has 0 N–H and O–H groups in total. The van der Waals surface area contributed by atoms with Gasteiger partial charge in [0.2, 0.25) is 0 Å². The summed E-state index contributed by atoms with van der Waals surface area (Å²) in [5.41, 5.74) is 0.423. The Morgan fingerprint density at radius 2 is 1.75 bits per heavy atom. The molecule has 1 aliphatic carbocycles. The molecule has 20 heavy (non-hydrogen) atoms. The Hall–Kier alpha value is -2.17. The monoisotopic (exact) mass is 273 g/mol. The van der Waals surface area contributed by atoms with E-state index in [9.17, 15) is 14.4 Å². The van der Waals surface area contributed by atoms with E-state index in [0.717, 1.165) is 12.8 Å². The topological polar surface area (TPSA) is 63.7 Å². The van der Waals surface area contributed by atoms with Crippen molar-refractivity contribution in [2.75, 3.05) is 0 Å². The van der Waals surface area contributed by atoms with Gasteiger partial charge >= 0.3 is 5.97 Å². The summed E-state index contributed by atoms with van der Waals surface area (Å²) >= 11 is 0. The summed E-state index contributed by atoms with van der Waals surface area (Å²) in [6.07, 6.45) is 1.67. The van der Waals surface area contributed by atoms with Crippen LogP contribution in [0.5, 0.6) is 0 Å². The van der Waals surface area contributed by atoms with Crippen LogP contribution in [0.25, 0.3) is 0 Å². The van der Waals surface area contributed by atoms with Gasteiger partial charge in [0.15, 0.2) is 0 Å². The molecule has 2 aliphatic rings. The van der Waals surface area contributed by atoms with Crippen molar-refractivity contribution in [2.45, 2.75) is 26.7 Å². The van der Waals surface area contributed by atoms with E-state index in [4.69, 9.17) is 4.84 Å². The second-order valence-electron chi connectivity index (χ2n) is 5.94. The number of rotatable bonds is 2. The van der Waals surface area contributed by atoms with Crippen molar-refractivity contribution in [1.29, 1.82) is 0 Å². The van der Waals surface area contributed by atoms with Gasteiger partial charge in [0.05, 0.1) is 17.0 Å². The highest BCUT2D eigenvalue weighted by Gasteiger charge is 2.47. The van der Waals surface area contributed by atoms with E-state index in [2.05, 4.69) is 0 Å². The van der Waals surface area contributed by atoms with Gasteiger partial charge in [-0.3, -0.25) is 9.59 Å². The normalized spacial score (nSPS) is 23.3. The minimum atomic E-state index is -0.573. The van der Waals surface area contributed by atoms with Gasteiger partial charge in [-0.2, -0.15) is 0 Å². The molecule has 5 heteroatoms. The number of benzene rings is 1. The van der Waals surface area contributed by atoms with Gasteiger partial charge in [-0.05, 0) is 30.4 Å². The van der Waals surface area contributed by atoms with Crippen molar-refractivity contribution in [3.8, 4) is 0 Å². The third-order valence-corrected chi connectivity index (χ3v) is 4.24. The molecule has 1 aromatic carbocycles. The first kappa shape index (κ1) is 12.8. The molecule has 0 radical (unpaired) electrons. The fourth-order valence-corrected chi connectivity index (χ4v) is 2.71. The fraction of sp³-hybridized carbons (Fsp3) is 0.400. The third-order valence-electron chi connectivity index (χ3n) is 4.24. The first-order valence-corrected chi connectivity index (χ1v) is 6.61. The molecule has 104 valence electrons. The van der Waals surface area contributed by atoms with E-state index >= 15 is 0 Å². The van der Waals surface area contributed by atoms with Crippen LogP contribution in [0.3, 0.4) is 0 Å².